The maximum Gasteiger partial charge on any atom is 0.217 e. The van der Waals surface area contributed by atoms with Crippen molar-refractivity contribution in [3.63, 3.8) is 0 Å². The van der Waals surface area contributed by atoms with Crippen LogP contribution in [-0.2, 0) is 15.3 Å². The fourth-order valence-electron chi connectivity index (χ4n) is 1.31. The molecule has 12 heavy (non-hydrogen) atoms. The molecule has 0 radical (unpaired) electrons. The number of ether oxygens (including phenoxy) is 2. The van der Waals surface area contributed by atoms with E-state index in [-0.39, 0.29) is 0 Å². The molecular weight excluding hydrogens is 174 g/mol. The third-order valence-corrected chi connectivity index (χ3v) is 2.91. The van der Waals surface area contributed by atoms with Crippen molar-refractivity contribution in [1.29, 1.82) is 0 Å². The molecule has 0 unspecified atom stereocenters. The Morgan fingerprint density at radius 3 is 2.75 bits per heavy atom. The quantitative estimate of drug-likeness (QED) is 0.744. The zero-order valence-corrected chi connectivity index (χ0v) is 7.47. The van der Waals surface area contributed by atoms with E-state index in [1.165, 1.54) is 0 Å². The van der Waals surface area contributed by atoms with Crippen LogP contribution in [0, 0.1) is 0 Å². The highest BCUT2D eigenvalue weighted by molar-refractivity contribution is 7.10. The standard InChI is InChI=1S/C8H11NO2S/c9-6-8(10-3-4-11-8)7-2-1-5-12-7/h1-2,5H,3-4,6,9H2. The zero-order chi connectivity index (χ0) is 8.44. The van der Waals surface area contributed by atoms with E-state index in [0.29, 0.717) is 19.8 Å². The van der Waals surface area contributed by atoms with E-state index < -0.39 is 5.79 Å². The van der Waals surface area contributed by atoms with Crippen molar-refractivity contribution in [2.24, 2.45) is 5.73 Å². The number of hydrogen-bond donors (Lipinski definition) is 1. The molecule has 2 rings (SSSR count). The minimum Gasteiger partial charge on any atom is -0.342 e. The summed E-state index contributed by atoms with van der Waals surface area (Å²) in [5.41, 5.74) is 5.62. The van der Waals surface area contributed by atoms with Gasteiger partial charge < -0.3 is 15.2 Å². The smallest absolute Gasteiger partial charge is 0.217 e. The van der Waals surface area contributed by atoms with Crippen molar-refractivity contribution in [3.05, 3.63) is 22.4 Å². The van der Waals surface area contributed by atoms with Gasteiger partial charge in [-0.15, -0.1) is 11.3 Å². The fourth-order valence-corrected chi connectivity index (χ4v) is 2.15. The van der Waals surface area contributed by atoms with E-state index >= 15 is 0 Å². The number of thiophene rings is 1. The van der Waals surface area contributed by atoms with Gasteiger partial charge in [0.1, 0.15) is 0 Å². The summed E-state index contributed by atoms with van der Waals surface area (Å²) < 4.78 is 11.0. The van der Waals surface area contributed by atoms with Gasteiger partial charge in [-0.2, -0.15) is 0 Å². The lowest BCUT2D eigenvalue weighted by molar-refractivity contribution is -0.154. The van der Waals surface area contributed by atoms with Crippen LogP contribution in [0.3, 0.4) is 0 Å². The summed E-state index contributed by atoms with van der Waals surface area (Å²) in [5, 5.41) is 2.00. The Balaban J connectivity index is 2.28. The van der Waals surface area contributed by atoms with Crippen LogP contribution in [-0.4, -0.2) is 19.8 Å². The van der Waals surface area contributed by atoms with Gasteiger partial charge in [0.2, 0.25) is 5.79 Å². The van der Waals surface area contributed by atoms with E-state index in [9.17, 15) is 0 Å². The molecule has 0 spiro atoms. The fraction of sp³-hybridized carbons (Fsp3) is 0.500. The Morgan fingerprint density at radius 1 is 1.50 bits per heavy atom. The molecule has 0 amide bonds. The summed E-state index contributed by atoms with van der Waals surface area (Å²) in [6.07, 6.45) is 0. The molecule has 0 atom stereocenters. The van der Waals surface area contributed by atoms with Gasteiger partial charge in [0, 0.05) is 0 Å². The molecule has 1 aliphatic heterocycles. The second-order valence-electron chi connectivity index (χ2n) is 2.63. The van der Waals surface area contributed by atoms with Gasteiger partial charge in [-0.05, 0) is 11.4 Å². The van der Waals surface area contributed by atoms with Crippen LogP contribution < -0.4 is 5.73 Å². The summed E-state index contributed by atoms with van der Waals surface area (Å²) in [5.74, 6) is -0.645. The lowest BCUT2D eigenvalue weighted by Crippen LogP contribution is -2.35. The maximum absolute atomic E-state index is 5.62. The van der Waals surface area contributed by atoms with Gasteiger partial charge >= 0.3 is 0 Å². The molecule has 2 heterocycles. The van der Waals surface area contributed by atoms with E-state index in [2.05, 4.69) is 0 Å². The molecular formula is C8H11NO2S. The molecule has 1 aromatic heterocycles. The van der Waals surface area contributed by atoms with Gasteiger partial charge in [-0.1, -0.05) is 6.07 Å². The first-order chi connectivity index (χ1) is 5.87. The lowest BCUT2D eigenvalue weighted by Gasteiger charge is -2.23. The van der Waals surface area contributed by atoms with Crippen molar-refractivity contribution in [2.45, 2.75) is 5.79 Å². The third kappa shape index (κ3) is 1.17. The Morgan fingerprint density at radius 2 is 2.25 bits per heavy atom. The molecule has 1 aromatic rings. The molecule has 2 N–H and O–H groups in total. The van der Waals surface area contributed by atoms with Crippen molar-refractivity contribution < 1.29 is 9.47 Å². The summed E-state index contributed by atoms with van der Waals surface area (Å²) in [6, 6.07) is 3.96. The molecule has 3 nitrogen and oxygen atoms in total. The van der Waals surface area contributed by atoms with E-state index in [0.717, 1.165) is 4.88 Å². The molecule has 66 valence electrons. The first kappa shape index (κ1) is 8.19. The first-order valence-electron chi connectivity index (χ1n) is 3.89. The Labute approximate surface area is 75.1 Å². The molecule has 0 saturated carbocycles. The number of nitrogens with two attached hydrogens (primary N) is 1. The summed E-state index contributed by atoms with van der Waals surface area (Å²) in [6.45, 7) is 1.65. The van der Waals surface area contributed by atoms with E-state index in [4.69, 9.17) is 15.2 Å². The SMILES string of the molecule is NCC1(c2cccs2)OCCO1. The first-order valence-corrected chi connectivity index (χ1v) is 4.77. The van der Waals surface area contributed by atoms with Crippen LogP contribution in [0.4, 0.5) is 0 Å². The van der Waals surface area contributed by atoms with Gasteiger partial charge in [0.05, 0.1) is 24.6 Å². The highest BCUT2D eigenvalue weighted by atomic mass is 32.1. The number of rotatable bonds is 2. The van der Waals surface area contributed by atoms with E-state index in [1.807, 2.05) is 17.5 Å². The minimum absolute atomic E-state index is 0.382. The number of hydrogen-bond acceptors (Lipinski definition) is 4. The van der Waals surface area contributed by atoms with Crippen molar-refractivity contribution in [2.75, 3.05) is 19.8 Å². The average molecular weight is 185 g/mol. The van der Waals surface area contributed by atoms with Crippen LogP contribution in [0.1, 0.15) is 4.88 Å². The average Bonchev–Trinajstić information content (AvgIpc) is 2.76. The summed E-state index contributed by atoms with van der Waals surface area (Å²) >= 11 is 1.61. The largest absolute Gasteiger partial charge is 0.342 e. The van der Waals surface area contributed by atoms with Crippen LogP contribution in [0.25, 0.3) is 0 Å². The Bertz CT molecular complexity index is 242. The van der Waals surface area contributed by atoms with Crippen LogP contribution >= 0.6 is 11.3 Å². The molecule has 0 aliphatic carbocycles. The topological polar surface area (TPSA) is 44.5 Å². The zero-order valence-electron chi connectivity index (χ0n) is 6.66. The predicted molar refractivity (Wildman–Crippen MR) is 47.0 cm³/mol. The molecule has 4 heteroatoms. The second kappa shape index (κ2) is 3.14. The van der Waals surface area contributed by atoms with Crippen molar-refractivity contribution in [1.82, 2.24) is 0 Å². The second-order valence-corrected chi connectivity index (χ2v) is 3.58. The molecule has 0 bridgehead atoms. The summed E-state index contributed by atoms with van der Waals surface area (Å²) in [4.78, 5) is 1.06. The van der Waals surface area contributed by atoms with Gasteiger partial charge in [0.25, 0.3) is 0 Å². The Kier molecular flexibility index (Phi) is 2.14. The lowest BCUT2D eigenvalue weighted by atomic mass is 10.2. The highest BCUT2D eigenvalue weighted by Gasteiger charge is 2.37. The molecule has 1 aliphatic rings. The van der Waals surface area contributed by atoms with Gasteiger partial charge in [0.15, 0.2) is 0 Å². The van der Waals surface area contributed by atoms with Gasteiger partial charge in [-0.3, -0.25) is 0 Å². The van der Waals surface area contributed by atoms with Gasteiger partial charge in [-0.25, -0.2) is 0 Å². The van der Waals surface area contributed by atoms with Crippen LogP contribution in [0.5, 0.6) is 0 Å². The normalized spacial score (nSPS) is 21.4. The molecule has 0 aromatic carbocycles. The van der Waals surface area contributed by atoms with Crippen molar-refractivity contribution in [3.8, 4) is 0 Å². The van der Waals surface area contributed by atoms with Crippen molar-refractivity contribution >= 4 is 11.3 Å². The predicted octanol–water partition coefficient (Wildman–Crippen LogP) is 0.906. The summed E-state index contributed by atoms with van der Waals surface area (Å²) in [7, 11) is 0. The van der Waals surface area contributed by atoms with Crippen LogP contribution in [0.15, 0.2) is 17.5 Å². The van der Waals surface area contributed by atoms with E-state index in [1.54, 1.807) is 11.3 Å². The third-order valence-electron chi connectivity index (χ3n) is 1.92. The minimum atomic E-state index is -0.645. The molecule has 1 saturated heterocycles. The highest BCUT2D eigenvalue weighted by Crippen LogP contribution is 2.33. The van der Waals surface area contributed by atoms with Crippen LogP contribution in [0.2, 0.25) is 0 Å². The Hall–Kier alpha value is -0.420. The maximum atomic E-state index is 5.62. The monoisotopic (exact) mass is 185 g/mol. The molecule has 1 fully saturated rings.